The average molecular weight is 348 g/mol. The van der Waals surface area contributed by atoms with Crippen molar-refractivity contribution in [2.24, 2.45) is 5.41 Å². The van der Waals surface area contributed by atoms with Gasteiger partial charge in [-0.2, -0.15) is 0 Å². The minimum absolute atomic E-state index is 0.0932. The van der Waals surface area contributed by atoms with Crippen molar-refractivity contribution in [3.05, 3.63) is 28.2 Å². The highest BCUT2D eigenvalue weighted by molar-refractivity contribution is 9.10. The number of nitrogens with zero attached hydrogens (tertiary/aromatic N) is 1. The molecule has 1 aromatic carbocycles. The first-order valence-corrected chi connectivity index (χ1v) is 8.67. The van der Waals surface area contributed by atoms with Gasteiger partial charge in [0.25, 0.3) is 0 Å². The minimum atomic E-state index is -3.29. The third kappa shape index (κ3) is 3.30. The monoisotopic (exact) mass is 347 g/mol. The second kappa shape index (κ2) is 5.07. The number of aryl methyl sites for hydroxylation is 1. The van der Waals surface area contributed by atoms with Crippen molar-refractivity contribution in [3.8, 4) is 0 Å². The van der Waals surface area contributed by atoms with Gasteiger partial charge in [-0.3, -0.25) is 4.31 Å². The SMILES string of the molecule is Cc1cc(N(CC2(C)COC2)S(C)(=O)=O)ccc1Br. The summed E-state index contributed by atoms with van der Waals surface area (Å²) in [5.41, 5.74) is 1.63. The maximum Gasteiger partial charge on any atom is 0.232 e. The van der Waals surface area contributed by atoms with Gasteiger partial charge in [0.2, 0.25) is 10.0 Å². The molecule has 1 aliphatic heterocycles. The van der Waals surface area contributed by atoms with Crippen LogP contribution in [0.2, 0.25) is 0 Å². The van der Waals surface area contributed by atoms with E-state index in [0.29, 0.717) is 25.4 Å². The Bertz CT molecular complexity index is 582. The summed E-state index contributed by atoms with van der Waals surface area (Å²) in [5.74, 6) is 0. The molecule has 6 heteroatoms. The number of anilines is 1. The molecule has 0 aliphatic carbocycles. The fourth-order valence-electron chi connectivity index (χ4n) is 2.07. The van der Waals surface area contributed by atoms with E-state index in [1.165, 1.54) is 10.6 Å². The molecule has 0 amide bonds. The van der Waals surface area contributed by atoms with Crippen LogP contribution in [0.5, 0.6) is 0 Å². The first-order valence-electron chi connectivity index (χ1n) is 6.03. The number of halogens is 1. The molecule has 0 radical (unpaired) electrons. The fourth-order valence-corrected chi connectivity index (χ4v) is 3.36. The zero-order chi connectivity index (χ0) is 14.3. The lowest BCUT2D eigenvalue weighted by Gasteiger charge is -2.41. The van der Waals surface area contributed by atoms with Crippen molar-refractivity contribution in [2.45, 2.75) is 13.8 Å². The van der Waals surface area contributed by atoms with Gasteiger partial charge in [0.05, 0.1) is 25.2 Å². The maximum absolute atomic E-state index is 12.0. The Hall–Kier alpha value is -0.590. The molecule has 106 valence electrons. The molecule has 1 saturated heterocycles. The molecule has 1 aliphatic rings. The molecule has 0 spiro atoms. The number of hydrogen-bond acceptors (Lipinski definition) is 3. The Morgan fingerprint density at radius 3 is 2.47 bits per heavy atom. The van der Waals surface area contributed by atoms with Crippen LogP contribution >= 0.6 is 15.9 Å². The van der Waals surface area contributed by atoms with E-state index in [1.54, 1.807) is 0 Å². The van der Waals surface area contributed by atoms with Crippen molar-refractivity contribution in [1.82, 2.24) is 0 Å². The summed E-state index contributed by atoms with van der Waals surface area (Å²) in [6, 6.07) is 5.58. The zero-order valence-corrected chi connectivity index (χ0v) is 13.7. The molecule has 0 bridgehead atoms. The van der Waals surface area contributed by atoms with Crippen molar-refractivity contribution in [1.29, 1.82) is 0 Å². The average Bonchev–Trinajstić information content (AvgIpc) is 2.26. The van der Waals surface area contributed by atoms with E-state index in [9.17, 15) is 8.42 Å². The maximum atomic E-state index is 12.0. The van der Waals surface area contributed by atoms with Gasteiger partial charge in [0.1, 0.15) is 0 Å². The van der Waals surface area contributed by atoms with E-state index in [4.69, 9.17) is 4.74 Å². The first kappa shape index (κ1) is 14.8. The molecule has 0 saturated carbocycles. The predicted octanol–water partition coefficient (Wildman–Crippen LogP) is 2.56. The Morgan fingerprint density at radius 2 is 2.05 bits per heavy atom. The number of rotatable bonds is 4. The molecule has 4 nitrogen and oxygen atoms in total. The highest BCUT2D eigenvalue weighted by atomic mass is 79.9. The topological polar surface area (TPSA) is 46.6 Å². The van der Waals surface area contributed by atoms with Crippen LogP contribution in [-0.4, -0.2) is 34.4 Å². The van der Waals surface area contributed by atoms with Crippen LogP contribution in [0.25, 0.3) is 0 Å². The van der Waals surface area contributed by atoms with Gasteiger partial charge >= 0.3 is 0 Å². The number of benzene rings is 1. The fraction of sp³-hybridized carbons (Fsp3) is 0.538. The minimum Gasteiger partial charge on any atom is -0.380 e. The van der Waals surface area contributed by atoms with Gasteiger partial charge in [0.15, 0.2) is 0 Å². The highest BCUT2D eigenvalue weighted by Gasteiger charge is 2.37. The van der Waals surface area contributed by atoms with Gasteiger partial charge in [-0.05, 0) is 30.7 Å². The molecule has 19 heavy (non-hydrogen) atoms. The molecule has 0 N–H and O–H groups in total. The smallest absolute Gasteiger partial charge is 0.232 e. The summed E-state index contributed by atoms with van der Waals surface area (Å²) in [6.45, 7) is 5.65. The van der Waals surface area contributed by atoms with E-state index < -0.39 is 10.0 Å². The summed E-state index contributed by atoms with van der Waals surface area (Å²) in [5, 5.41) is 0. The summed E-state index contributed by atoms with van der Waals surface area (Å²) in [6.07, 6.45) is 1.24. The van der Waals surface area contributed by atoms with Crippen molar-refractivity contribution < 1.29 is 13.2 Å². The van der Waals surface area contributed by atoms with Crippen LogP contribution in [0.3, 0.4) is 0 Å². The van der Waals surface area contributed by atoms with E-state index in [0.717, 1.165) is 10.0 Å². The Labute approximate surface area is 122 Å². The molecule has 1 heterocycles. The molecular formula is C13H18BrNO3S. The molecule has 1 aromatic rings. The van der Waals surface area contributed by atoms with Crippen molar-refractivity contribution >= 4 is 31.6 Å². The van der Waals surface area contributed by atoms with Crippen LogP contribution in [0, 0.1) is 12.3 Å². The quantitative estimate of drug-likeness (QED) is 0.840. The van der Waals surface area contributed by atoms with Crippen LogP contribution < -0.4 is 4.31 Å². The third-order valence-corrected chi connectivity index (χ3v) is 5.29. The summed E-state index contributed by atoms with van der Waals surface area (Å²) >= 11 is 3.43. The van der Waals surface area contributed by atoms with E-state index >= 15 is 0 Å². The van der Waals surface area contributed by atoms with Gasteiger partial charge < -0.3 is 4.74 Å². The highest BCUT2D eigenvalue weighted by Crippen LogP contribution is 2.32. The van der Waals surface area contributed by atoms with Crippen molar-refractivity contribution in [3.63, 3.8) is 0 Å². The van der Waals surface area contributed by atoms with E-state index in [-0.39, 0.29) is 5.41 Å². The largest absolute Gasteiger partial charge is 0.380 e. The lowest BCUT2D eigenvalue weighted by Crippen LogP contribution is -2.50. The third-order valence-electron chi connectivity index (χ3n) is 3.26. The zero-order valence-electron chi connectivity index (χ0n) is 11.3. The summed E-state index contributed by atoms with van der Waals surface area (Å²) < 4.78 is 31.7. The normalized spacial score (nSPS) is 17.9. The first-order chi connectivity index (χ1) is 8.71. The predicted molar refractivity (Wildman–Crippen MR) is 80.0 cm³/mol. The lowest BCUT2D eigenvalue weighted by atomic mass is 9.88. The van der Waals surface area contributed by atoms with Gasteiger partial charge in [-0.15, -0.1) is 0 Å². The van der Waals surface area contributed by atoms with Crippen molar-refractivity contribution in [2.75, 3.05) is 30.3 Å². The van der Waals surface area contributed by atoms with Crippen LogP contribution in [0.15, 0.2) is 22.7 Å². The Morgan fingerprint density at radius 1 is 1.42 bits per heavy atom. The lowest BCUT2D eigenvalue weighted by molar-refractivity contribution is -0.0940. The molecule has 0 aromatic heterocycles. The Kier molecular flexibility index (Phi) is 3.95. The van der Waals surface area contributed by atoms with Crippen LogP contribution in [0.4, 0.5) is 5.69 Å². The summed E-state index contributed by atoms with van der Waals surface area (Å²) in [4.78, 5) is 0. The molecule has 0 unspecified atom stereocenters. The molecule has 2 rings (SSSR count). The molecule has 0 atom stereocenters. The van der Waals surface area contributed by atoms with Gasteiger partial charge in [-0.1, -0.05) is 22.9 Å². The van der Waals surface area contributed by atoms with Crippen LogP contribution in [-0.2, 0) is 14.8 Å². The van der Waals surface area contributed by atoms with E-state index in [2.05, 4.69) is 15.9 Å². The second-order valence-corrected chi connectivity index (χ2v) is 8.27. The number of ether oxygens (including phenoxy) is 1. The second-order valence-electron chi connectivity index (χ2n) is 5.51. The number of sulfonamides is 1. The molecular weight excluding hydrogens is 330 g/mol. The summed E-state index contributed by atoms with van der Waals surface area (Å²) in [7, 11) is -3.29. The number of hydrogen-bond donors (Lipinski definition) is 0. The van der Waals surface area contributed by atoms with E-state index in [1.807, 2.05) is 32.0 Å². The Balaban J connectivity index is 2.34. The van der Waals surface area contributed by atoms with Crippen LogP contribution in [0.1, 0.15) is 12.5 Å². The van der Waals surface area contributed by atoms with Gasteiger partial charge in [-0.25, -0.2) is 8.42 Å². The standard InChI is InChI=1S/C13H18BrNO3S/c1-10-6-11(4-5-12(10)14)15(19(3,16)17)7-13(2)8-18-9-13/h4-6H,7-9H2,1-3H3. The molecule has 1 fully saturated rings. The van der Waals surface area contributed by atoms with Gasteiger partial charge in [0, 0.05) is 16.4 Å².